The quantitative estimate of drug-likeness (QED) is 0.902. The van der Waals surface area contributed by atoms with Crippen molar-refractivity contribution in [3.05, 3.63) is 23.8 Å². The molecule has 0 aromatic heterocycles. The van der Waals surface area contributed by atoms with Gasteiger partial charge in [0.1, 0.15) is 0 Å². The summed E-state index contributed by atoms with van der Waals surface area (Å²) in [7, 11) is 3.24. The predicted molar refractivity (Wildman–Crippen MR) is 92.2 cm³/mol. The number of rotatable bonds is 5. The second-order valence-electron chi connectivity index (χ2n) is 7.89. The molecule has 4 aliphatic carbocycles. The molecule has 4 bridgehead atoms. The highest BCUT2D eigenvalue weighted by molar-refractivity contribution is 5.79. The van der Waals surface area contributed by atoms with Gasteiger partial charge in [-0.3, -0.25) is 4.79 Å². The summed E-state index contributed by atoms with van der Waals surface area (Å²) in [4.78, 5) is 12.6. The molecule has 1 amide bonds. The Balaban J connectivity index is 1.40. The van der Waals surface area contributed by atoms with Gasteiger partial charge in [0.15, 0.2) is 11.5 Å². The third kappa shape index (κ3) is 2.87. The van der Waals surface area contributed by atoms with Crippen LogP contribution in [0.2, 0.25) is 0 Å². The van der Waals surface area contributed by atoms with Crippen molar-refractivity contribution >= 4 is 5.91 Å². The average molecular weight is 329 g/mol. The largest absolute Gasteiger partial charge is 0.493 e. The number of methoxy groups -OCH3 is 2. The number of amides is 1. The second kappa shape index (κ2) is 6.30. The Morgan fingerprint density at radius 1 is 1.00 bits per heavy atom. The zero-order valence-corrected chi connectivity index (χ0v) is 14.6. The zero-order chi connectivity index (χ0) is 16.7. The number of benzene rings is 1. The summed E-state index contributed by atoms with van der Waals surface area (Å²) in [5, 5.41) is 3.37. The number of ether oxygens (including phenoxy) is 2. The molecule has 0 spiro atoms. The van der Waals surface area contributed by atoms with Crippen molar-refractivity contribution in [1.82, 2.24) is 5.32 Å². The fourth-order valence-corrected chi connectivity index (χ4v) is 5.57. The van der Waals surface area contributed by atoms with Crippen LogP contribution in [-0.4, -0.2) is 26.2 Å². The summed E-state index contributed by atoms with van der Waals surface area (Å²) in [6.07, 6.45) is 7.16. The van der Waals surface area contributed by atoms with E-state index in [9.17, 15) is 4.79 Å². The first-order valence-corrected chi connectivity index (χ1v) is 9.16. The summed E-state index contributed by atoms with van der Waals surface area (Å²) in [6.45, 7) is 0. The number of nitrogens with one attached hydrogen (secondary N) is 1. The molecule has 0 atom stereocenters. The molecule has 4 heteroatoms. The predicted octanol–water partition coefficient (Wildman–Crippen LogP) is 3.19. The maximum atomic E-state index is 12.6. The molecule has 0 unspecified atom stereocenters. The van der Waals surface area contributed by atoms with Crippen LogP contribution in [0.4, 0.5) is 0 Å². The number of hydrogen-bond donors (Lipinski definition) is 1. The molecule has 1 aromatic rings. The number of carbonyl (C=O) groups excluding carboxylic acids is 1. The van der Waals surface area contributed by atoms with Crippen molar-refractivity contribution in [2.24, 2.45) is 23.7 Å². The zero-order valence-electron chi connectivity index (χ0n) is 14.6. The molecule has 4 fully saturated rings. The molecule has 1 N–H and O–H groups in total. The van der Waals surface area contributed by atoms with E-state index in [4.69, 9.17) is 9.47 Å². The SMILES string of the molecule is COc1ccc(CC(=O)NC2C3CC4CC(C3)CC2C4)cc1OC. The van der Waals surface area contributed by atoms with E-state index in [0.717, 1.165) is 29.2 Å². The van der Waals surface area contributed by atoms with Crippen molar-refractivity contribution in [2.75, 3.05) is 14.2 Å². The Morgan fingerprint density at radius 2 is 1.62 bits per heavy atom. The highest BCUT2D eigenvalue weighted by Gasteiger charge is 2.48. The van der Waals surface area contributed by atoms with Gasteiger partial charge in [-0.2, -0.15) is 0 Å². The van der Waals surface area contributed by atoms with E-state index in [1.165, 1.54) is 32.1 Å². The maximum Gasteiger partial charge on any atom is 0.224 e. The Bertz CT molecular complexity index is 599. The standard InChI is InChI=1S/C20H27NO3/c1-23-17-4-3-12(10-18(17)24-2)11-19(22)21-20-15-6-13-5-14(8-15)9-16(20)7-13/h3-4,10,13-16,20H,5-9,11H2,1-2H3,(H,21,22). The lowest BCUT2D eigenvalue weighted by atomic mass is 9.54. The van der Waals surface area contributed by atoms with Gasteiger partial charge >= 0.3 is 0 Å². The lowest BCUT2D eigenvalue weighted by Gasteiger charge is -2.54. The molecule has 130 valence electrons. The first-order chi connectivity index (χ1) is 11.7. The van der Waals surface area contributed by atoms with Gasteiger partial charge in [-0.05, 0) is 73.5 Å². The fourth-order valence-electron chi connectivity index (χ4n) is 5.57. The minimum absolute atomic E-state index is 0.139. The van der Waals surface area contributed by atoms with Crippen LogP contribution in [0.3, 0.4) is 0 Å². The molecule has 4 nitrogen and oxygen atoms in total. The third-order valence-corrected chi connectivity index (χ3v) is 6.37. The maximum absolute atomic E-state index is 12.6. The van der Waals surface area contributed by atoms with Crippen molar-refractivity contribution in [2.45, 2.75) is 44.6 Å². The highest BCUT2D eigenvalue weighted by Crippen LogP contribution is 2.53. The molecule has 5 rings (SSSR count). The molecule has 0 saturated heterocycles. The minimum Gasteiger partial charge on any atom is -0.493 e. The molecule has 24 heavy (non-hydrogen) atoms. The van der Waals surface area contributed by atoms with E-state index < -0.39 is 0 Å². The molecule has 0 heterocycles. The Labute approximate surface area is 143 Å². The van der Waals surface area contributed by atoms with Crippen molar-refractivity contribution in [1.29, 1.82) is 0 Å². The van der Waals surface area contributed by atoms with Crippen molar-refractivity contribution in [3.8, 4) is 11.5 Å². The van der Waals surface area contributed by atoms with Crippen LogP contribution in [0, 0.1) is 23.7 Å². The fraction of sp³-hybridized carbons (Fsp3) is 0.650. The number of hydrogen-bond acceptors (Lipinski definition) is 3. The van der Waals surface area contributed by atoms with E-state index >= 15 is 0 Å². The van der Waals surface area contributed by atoms with Gasteiger partial charge in [0.2, 0.25) is 5.91 Å². The van der Waals surface area contributed by atoms with Gasteiger partial charge in [-0.1, -0.05) is 6.07 Å². The average Bonchev–Trinajstić information content (AvgIpc) is 2.57. The van der Waals surface area contributed by atoms with Gasteiger partial charge < -0.3 is 14.8 Å². The van der Waals surface area contributed by atoms with Crippen LogP contribution in [-0.2, 0) is 11.2 Å². The van der Waals surface area contributed by atoms with Crippen molar-refractivity contribution in [3.63, 3.8) is 0 Å². The summed E-state index contributed by atoms with van der Waals surface area (Å²) in [5.41, 5.74) is 0.967. The Kier molecular flexibility index (Phi) is 4.15. The van der Waals surface area contributed by atoms with Crippen molar-refractivity contribution < 1.29 is 14.3 Å². The summed E-state index contributed by atoms with van der Waals surface area (Å²) in [6, 6.07) is 6.11. The molecule has 4 aliphatic rings. The molecule has 0 aliphatic heterocycles. The van der Waals surface area contributed by atoms with Gasteiger partial charge in [0.05, 0.1) is 20.6 Å². The Hall–Kier alpha value is -1.71. The first kappa shape index (κ1) is 15.8. The van der Waals surface area contributed by atoms with Crippen LogP contribution >= 0.6 is 0 Å². The van der Waals surface area contributed by atoms with Crippen LogP contribution in [0.5, 0.6) is 11.5 Å². The third-order valence-electron chi connectivity index (χ3n) is 6.37. The lowest BCUT2D eigenvalue weighted by Crippen LogP contribution is -2.56. The van der Waals surface area contributed by atoms with Crippen LogP contribution < -0.4 is 14.8 Å². The second-order valence-corrected chi connectivity index (χ2v) is 7.89. The minimum atomic E-state index is 0.139. The monoisotopic (exact) mass is 329 g/mol. The van der Waals surface area contributed by atoms with E-state index in [1.54, 1.807) is 14.2 Å². The van der Waals surface area contributed by atoms with Crippen LogP contribution in [0.15, 0.2) is 18.2 Å². The molecular weight excluding hydrogens is 302 g/mol. The lowest BCUT2D eigenvalue weighted by molar-refractivity contribution is -0.124. The molecule has 1 aromatic carbocycles. The molecule has 4 saturated carbocycles. The normalized spacial score (nSPS) is 33.3. The van der Waals surface area contributed by atoms with E-state index in [0.29, 0.717) is 24.0 Å². The summed E-state index contributed by atoms with van der Waals surface area (Å²) >= 11 is 0. The van der Waals surface area contributed by atoms with E-state index in [2.05, 4.69) is 5.32 Å². The van der Waals surface area contributed by atoms with E-state index in [-0.39, 0.29) is 5.91 Å². The molecule has 0 radical (unpaired) electrons. The summed E-state index contributed by atoms with van der Waals surface area (Å²) < 4.78 is 10.6. The number of carbonyl (C=O) groups is 1. The van der Waals surface area contributed by atoms with Gasteiger partial charge in [0.25, 0.3) is 0 Å². The molecular formula is C20H27NO3. The smallest absolute Gasteiger partial charge is 0.224 e. The van der Waals surface area contributed by atoms with Crippen LogP contribution in [0.25, 0.3) is 0 Å². The summed E-state index contributed by atoms with van der Waals surface area (Å²) in [5.74, 6) is 4.82. The Morgan fingerprint density at radius 3 is 2.21 bits per heavy atom. The van der Waals surface area contributed by atoms with Gasteiger partial charge in [-0.25, -0.2) is 0 Å². The van der Waals surface area contributed by atoms with Crippen LogP contribution in [0.1, 0.15) is 37.7 Å². The first-order valence-electron chi connectivity index (χ1n) is 9.16. The van der Waals surface area contributed by atoms with E-state index in [1.807, 2.05) is 18.2 Å². The van der Waals surface area contributed by atoms with Gasteiger partial charge in [0, 0.05) is 6.04 Å². The topological polar surface area (TPSA) is 47.6 Å². The van der Waals surface area contributed by atoms with Gasteiger partial charge in [-0.15, -0.1) is 0 Å². The highest BCUT2D eigenvalue weighted by atomic mass is 16.5.